The molecule has 0 saturated heterocycles. The predicted molar refractivity (Wildman–Crippen MR) is 37.4 cm³/mol. The highest BCUT2D eigenvalue weighted by Gasteiger charge is 2.81. The van der Waals surface area contributed by atoms with Crippen molar-refractivity contribution in [3.63, 3.8) is 0 Å². The third kappa shape index (κ3) is 2.20. The van der Waals surface area contributed by atoms with Crippen LogP contribution in [0.4, 0.5) is 43.9 Å². The first-order valence-electron chi connectivity index (χ1n) is 3.72. The zero-order valence-electron chi connectivity index (χ0n) is 7.93. The van der Waals surface area contributed by atoms with Crippen molar-refractivity contribution in [3.05, 3.63) is 11.8 Å². The molecule has 108 valence electrons. The minimum Gasteiger partial charge on any atom is -0.373 e. The number of hydrogen-bond acceptors (Lipinski definition) is 2. The van der Waals surface area contributed by atoms with Crippen LogP contribution in [0.5, 0.6) is 0 Å². The lowest BCUT2D eigenvalue weighted by Crippen LogP contribution is -2.65. The first-order chi connectivity index (χ1) is 7.60. The van der Waals surface area contributed by atoms with Crippen molar-refractivity contribution in [1.82, 2.24) is 0 Å². The summed E-state index contributed by atoms with van der Waals surface area (Å²) in [7, 11) is 0. The van der Waals surface area contributed by atoms with Gasteiger partial charge in [-0.15, -0.1) is 0 Å². The number of alkyl halides is 8. The molecule has 0 aliphatic rings. The zero-order chi connectivity index (χ0) is 15.2. The predicted octanol–water partition coefficient (Wildman–Crippen LogP) is 2.51. The minimum absolute atomic E-state index is 3.06. The molecule has 0 unspecified atom stereocenters. The van der Waals surface area contributed by atoms with Gasteiger partial charge in [-0.05, 0) is 0 Å². The lowest BCUT2D eigenvalue weighted by Gasteiger charge is -2.34. The molecule has 18 heavy (non-hydrogen) atoms. The van der Waals surface area contributed by atoms with E-state index in [4.69, 9.17) is 0 Å². The van der Waals surface area contributed by atoms with Crippen LogP contribution in [0.1, 0.15) is 0 Å². The van der Waals surface area contributed by atoms with Crippen molar-refractivity contribution in [1.29, 1.82) is 0 Å². The molecular weight excluding hydrogens is 290 g/mol. The molecule has 0 aromatic heterocycles. The Morgan fingerprint density at radius 3 is 1.28 bits per heavy atom. The van der Waals surface area contributed by atoms with Gasteiger partial charge in [0, 0.05) is 0 Å². The van der Waals surface area contributed by atoms with E-state index in [1.807, 2.05) is 0 Å². The fourth-order valence-electron chi connectivity index (χ4n) is 0.694. The Hall–Kier alpha value is -1.20. The number of rotatable bonds is 4. The normalized spacial score (nSPS) is 16.6. The van der Waals surface area contributed by atoms with E-state index in [2.05, 4.69) is 11.5 Å². The van der Waals surface area contributed by atoms with E-state index >= 15 is 0 Å². The molecular formula is C6H4F10N2. The molecule has 0 aromatic carbocycles. The molecule has 0 fully saturated rings. The molecule has 0 aliphatic carbocycles. The lowest BCUT2D eigenvalue weighted by molar-refractivity contribution is -0.359. The smallest absolute Gasteiger partial charge is 0.373 e. The van der Waals surface area contributed by atoms with Crippen LogP contribution in [-0.2, 0) is 0 Å². The minimum atomic E-state index is -7.01. The van der Waals surface area contributed by atoms with Crippen LogP contribution in [-0.4, -0.2) is 23.8 Å². The molecule has 0 amide bonds. The second-order valence-electron chi connectivity index (χ2n) is 3.01. The SMILES string of the molecule is NC(F)=C(F)C(F)(F)C(F)(F)C(F)(F)C(N)(F)F. The van der Waals surface area contributed by atoms with Crippen LogP contribution in [0.2, 0.25) is 0 Å². The number of allylic oxidation sites excluding steroid dienone is 1. The van der Waals surface area contributed by atoms with Gasteiger partial charge in [-0.3, -0.25) is 5.73 Å². The van der Waals surface area contributed by atoms with Gasteiger partial charge in [0.15, 0.2) is 0 Å². The first-order valence-corrected chi connectivity index (χ1v) is 3.72. The number of halogens is 10. The third-order valence-electron chi connectivity index (χ3n) is 1.69. The number of nitrogens with two attached hydrogens (primary N) is 2. The Labute approximate surface area is 92.2 Å². The van der Waals surface area contributed by atoms with Gasteiger partial charge in [0.25, 0.3) is 0 Å². The molecule has 0 aromatic rings. The van der Waals surface area contributed by atoms with Crippen LogP contribution in [0.3, 0.4) is 0 Å². The van der Waals surface area contributed by atoms with Gasteiger partial charge < -0.3 is 5.73 Å². The first kappa shape index (κ1) is 16.8. The highest BCUT2D eigenvalue weighted by atomic mass is 19.4. The monoisotopic (exact) mass is 294 g/mol. The summed E-state index contributed by atoms with van der Waals surface area (Å²) in [5.74, 6) is -27.3. The summed E-state index contributed by atoms with van der Waals surface area (Å²) in [5.41, 5.74) is 7.04. The molecule has 0 bridgehead atoms. The maximum Gasteiger partial charge on any atom is 0.392 e. The molecule has 4 N–H and O–H groups in total. The van der Waals surface area contributed by atoms with E-state index in [1.54, 1.807) is 0 Å². The standard InChI is InChI=1S/C6H4F10N2/c7-1(2(8)17)3(9,10)4(11,12)5(13,14)6(15,16)18/h17-18H2. The summed E-state index contributed by atoms with van der Waals surface area (Å²) >= 11 is 0. The summed E-state index contributed by atoms with van der Waals surface area (Å²) < 4.78 is 123. The Kier molecular flexibility index (Phi) is 3.89. The van der Waals surface area contributed by atoms with Gasteiger partial charge in [-0.1, -0.05) is 0 Å². The highest BCUT2D eigenvalue weighted by molar-refractivity contribution is 5.17. The van der Waals surface area contributed by atoms with E-state index < -0.39 is 35.6 Å². The molecule has 0 aliphatic heterocycles. The Balaban J connectivity index is 5.88. The van der Waals surface area contributed by atoms with Crippen molar-refractivity contribution >= 4 is 0 Å². The molecule has 0 saturated carbocycles. The van der Waals surface area contributed by atoms with E-state index in [0.29, 0.717) is 0 Å². The van der Waals surface area contributed by atoms with Gasteiger partial charge in [0.1, 0.15) is 0 Å². The molecule has 0 atom stereocenters. The average Bonchev–Trinajstić information content (AvgIpc) is 2.13. The zero-order valence-corrected chi connectivity index (χ0v) is 7.93. The summed E-state index contributed by atoms with van der Waals surface area (Å²) in [6.45, 7) is 0. The molecule has 2 nitrogen and oxygen atoms in total. The highest BCUT2D eigenvalue weighted by Crippen LogP contribution is 2.53. The Morgan fingerprint density at radius 1 is 0.722 bits per heavy atom. The van der Waals surface area contributed by atoms with Gasteiger partial charge in [-0.25, -0.2) is 0 Å². The topological polar surface area (TPSA) is 52.0 Å². The summed E-state index contributed by atoms with van der Waals surface area (Å²) in [6, 6.07) is -6.11. The van der Waals surface area contributed by atoms with Gasteiger partial charge in [0.05, 0.1) is 0 Å². The molecule has 0 radical (unpaired) electrons. The van der Waals surface area contributed by atoms with Gasteiger partial charge in [0.2, 0.25) is 11.8 Å². The maximum absolute atomic E-state index is 12.5. The third-order valence-corrected chi connectivity index (χ3v) is 1.69. The number of hydrogen-bond donors (Lipinski definition) is 2. The van der Waals surface area contributed by atoms with E-state index in [9.17, 15) is 43.9 Å². The summed E-state index contributed by atoms with van der Waals surface area (Å²) in [6.07, 6.45) is 0. The van der Waals surface area contributed by atoms with Crippen LogP contribution in [0, 0.1) is 0 Å². The van der Waals surface area contributed by atoms with E-state index in [-0.39, 0.29) is 0 Å². The Morgan fingerprint density at radius 2 is 1.06 bits per heavy atom. The van der Waals surface area contributed by atoms with Crippen molar-refractivity contribution in [2.45, 2.75) is 23.8 Å². The summed E-state index contributed by atoms with van der Waals surface area (Å²) in [5, 5.41) is 0. The second kappa shape index (κ2) is 4.17. The van der Waals surface area contributed by atoms with Crippen molar-refractivity contribution in [3.8, 4) is 0 Å². The molecule has 0 spiro atoms. The van der Waals surface area contributed by atoms with Crippen LogP contribution < -0.4 is 11.5 Å². The van der Waals surface area contributed by atoms with Crippen molar-refractivity contribution < 1.29 is 43.9 Å². The van der Waals surface area contributed by atoms with Crippen LogP contribution in [0.25, 0.3) is 0 Å². The van der Waals surface area contributed by atoms with E-state index in [0.717, 1.165) is 0 Å². The Bertz CT molecular complexity index is 350. The van der Waals surface area contributed by atoms with E-state index in [1.165, 1.54) is 0 Å². The molecule has 0 rings (SSSR count). The van der Waals surface area contributed by atoms with Crippen LogP contribution in [0.15, 0.2) is 11.8 Å². The largest absolute Gasteiger partial charge is 0.392 e. The van der Waals surface area contributed by atoms with Gasteiger partial charge >= 0.3 is 23.8 Å². The van der Waals surface area contributed by atoms with Crippen molar-refractivity contribution in [2.24, 2.45) is 11.5 Å². The van der Waals surface area contributed by atoms with Gasteiger partial charge in [-0.2, -0.15) is 43.9 Å². The van der Waals surface area contributed by atoms with Crippen LogP contribution >= 0.6 is 0 Å². The molecule has 0 heterocycles. The fraction of sp³-hybridized carbons (Fsp3) is 0.667. The second-order valence-corrected chi connectivity index (χ2v) is 3.01. The summed E-state index contributed by atoms with van der Waals surface area (Å²) in [4.78, 5) is 0. The molecule has 12 heteroatoms. The fourth-order valence-corrected chi connectivity index (χ4v) is 0.694. The maximum atomic E-state index is 12.5. The van der Waals surface area contributed by atoms with Crippen molar-refractivity contribution in [2.75, 3.05) is 0 Å². The quantitative estimate of drug-likeness (QED) is 0.618. The average molecular weight is 294 g/mol. The lowest BCUT2D eigenvalue weighted by atomic mass is 10.0.